The van der Waals surface area contributed by atoms with E-state index in [4.69, 9.17) is 0 Å². The minimum absolute atomic E-state index is 0.0720. The molecule has 0 aromatic heterocycles. The van der Waals surface area contributed by atoms with Crippen LogP contribution in [-0.2, 0) is 0 Å². The molecule has 27 heavy (non-hydrogen) atoms. The van der Waals surface area contributed by atoms with Crippen LogP contribution >= 0.6 is 0 Å². The second-order valence-electron chi connectivity index (χ2n) is 7.73. The number of likely N-dealkylation sites (N-methyl/N-ethyl adjacent to an activating group) is 1. The number of carbonyl (C=O) groups is 1. The number of ketones is 1. The van der Waals surface area contributed by atoms with E-state index in [0.717, 1.165) is 12.0 Å². The number of rotatable bonds is 8. The van der Waals surface area contributed by atoms with Crippen molar-refractivity contribution < 1.29 is 4.79 Å². The second-order valence-corrected chi connectivity index (χ2v) is 7.73. The Balaban J connectivity index is 2.34. The molecule has 0 heterocycles. The number of hydrogen-bond acceptors (Lipinski definition) is 4. The van der Waals surface area contributed by atoms with Crippen LogP contribution in [0.2, 0.25) is 0 Å². The highest BCUT2D eigenvalue weighted by atomic mass is 16.1. The lowest BCUT2D eigenvalue weighted by Gasteiger charge is -2.27. The highest BCUT2D eigenvalue weighted by Gasteiger charge is 2.22. The van der Waals surface area contributed by atoms with Crippen molar-refractivity contribution in [2.45, 2.75) is 25.4 Å². The van der Waals surface area contributed by atoms with Gasteiger partial charge in [-0.25, -0.2) is 0 Å². The van der Waals surface area contributed by atoms with E-state index in [9.17, 15) is 4.79 Å². The molecule has 0 fully saturated rings. The lowest BCUT2D eigenvalue weighted by atomic mass is 9.94. The van der Waals surface area contributed by atoms with Crippen LogP contribution in [0.1, 0.15) is 40.9 Å². The first kappa shape index (κ1) is 21.1. The van der Waals surface area contributed by atoms with Crippen LogP contribution in [0.15, 0.2) is 48.5 Å². The normalized spacial score (nSPS) is 13.7. The van der Waals surface area contributed by atoms with Gasteiger partial charge in [-0.3, -0.25) is 14.6 Å². The van der Waals surface area contributed by atoms with Crippen molar-refractivity contribution in [1.29, 1.82) is 0 Å². The molecule has 2 aromatic carbocycles. The van der Waals surface area contributed by atoms with Crippen molar-refractivity contribution in [1.82, 2.24) is 9.80 Å². The van der Waals surface area contributed by atoms with Gasteiger partial charge >= 0.3 is 0 Å². The Labute approximate surface area is 164 Å². The van der Waals surface area contributed by atoms with Crippen molar-refractivity contribution >= 4 is 11.5 Å². The van der Waals surface area contributed by atoms with E-state index in [-0.39, 0.29) is 17.9 Å². The molecule has 4 nitrogen and oxygen atoms in total. The third-order valence-corrected chi connectivity index (χ3v) is 5.04. The Hall–Kier alpha value is -2.17. The smallest absolute Gasteiger partial charge is 0.179 e. The summed E-state index contributed by atoms with van der Waals surface area (Å²) in [6.07, 6.45) is 0.811. The fourth-order valence-corrected chi connectivity index (χ4v) is 3.57. The van der Waals surface area contributed by atoms with Gasteiger partial charge in [0.1, 0.15) is 0 Å². The summed E-state index contributed by atoms with van der Waals surface area (Å²) in [5.41, 5.74) is 4.39. The second kappa shape index (κ2) is 9.16. The topological polar surface area (TPSA) is 26.8 Å². The first-order valence-electron chi connectivity index (χ1n) is 9.50. The monoisotopic (exact) mass is 367 g/mol. The summed E-state index contributed by atoms with van der Waals surface area (Å²) in [7, 11) is 12.2. The molecule has 2 aromatic rings. The summed E-state index contributed by atoms with van der Waals surface area (Å²) in [4.78, 5) is 19.1. The van der Waals surface area contributed by atoms with Gasteiger partial charge < -0.3 is 4.90 Å². The van der Waals surface area contributed by atoms with Crippen LogP contribution in [0.4, 0.5) is 5.69 Å². The largest absolute Gasteiger partial charge is 0.378 e. The van der Waals surface area contributed by atoms with Gasteiger partial charge in [0.25, 0.3) is 0 Å². The maximum atomic E-state index is 12.8. The molecule has 0 N–H and O–H groups in total. The summed E-state index contributed by atoms with van der Waals surface area (Å²) in [5, 5.41) is 0. The molecule has 0 saturated carbocycles. The molecule has 0 saturated heterocycles. The van der Waals surface area contributed by atoms with E-state index >= 15 is 0 Å². The standard InChI is InChI=1S/C23H33N3O/c1-8-21(25(4)5)23(27)18-14-12-17(13-15-18)22(26(6)7)19-10-9-11-20(16-19)24(2)3/h9-16,21-22H,8H2,1-7H3. The zero-order chi connectivity index (χ0) is 20.1. The van der Waals surface area contributed by atoms with Crippen molar-refractivity contribution in [3.8, 4) is 0 Å². The molecule has 2 atom stereocenters. The number of anilines is 1. The predicted molar refractivity (Wildman–Crippen MR) is 115 cm³/mol. The van der Waals surface area contributed by atoms with Gasteiger partial charge in [-0.05, 0) is 57.9 Å². The van der Waals surface area contributed by atoms with Crippen molar-refractivity contribution in [2.75, 3.05) is 47.2 Å². The predicted octanol–water partition coefficient (Wildman–Crippen LogP) is 3.93. The van der Waals surface area contributed by atoms with E-state index in [1.807, 2.05) is 31.1 Å². The van der Waals surface area contributed by atoms with E-state index in [0.29, 0.717) is 0 Å². The highest BCUT2D eigenvalue weighted by molar-refractivity contribution is 6.00. The quantitative estimate of drug-likeness (QED) is 0.661. The molecule has 0 aliphatic carbocycles. The minimum Gasteiger partial charge on any atom is -0.378 e. The van der Waals surface area contributed by atoms with Gasteiger partial charge in [-0.1, -0.05) is 43.3 Å². The Kier molecular flexibility index (Phi) is 7.17. The number of carbonyl (C=O) groups excluding carboxylic acids is 1. The van der Waals surface area contributed by atoms with Gasteiger partial charge in [0.05, 0.1) is 12.1 Å². The maximum Gasteiger partial charge on any atom is 0.179 e. The maximum absolute atomic E-state index is 12.8. The van der Waals surface area contributed by atoms with E-state index < -0.39 is 0 Å². The minimum atomic E-state index is -0.0720. The Morgan fingerprint density at radius 2 is 1.48 bits per heavy atom. The summed E-state index contributed by atoms with van der Waals surface area (Å²) in [6, 6.07) is 16.8. The van der Waals surface area contributed by atoms with Crippen molar-refractivity contribution in [2.24, 2.45) is 0 Å². The van der Waals surface area contributed by atoms with Crippen LogP contribution in [0.3, 0.4) is 0 Å². The molecule has 0 spiro atoms. The van der Waals surface area contributed by atoms with Crippen LogP contribution in [-0.4, -0.2) is 63.9 Å². The van der Waals surface area contributed by atoms with Gasteiger partial charge in [-0.2, -0.15) is 0 Å². The lowest BCUT2D eigenvalue weighted by molar-refractivity contribution is 0.0871. The average Bonchev–Trinajstić information content (AvgIpc) is 2.62. The summed E-state index contributed by atoms with van der Waals surface area (Å²) >= 11 is 0. The molecule has 0 amide bonds. The Morgan fingerprint density at radius 1 is 0.852 bits per heavy atom. The van der Waals surface area contributed by atoms with E-state index in [2.05, 4.69) is 81.3 Å². The summed E-state index contributed by atoms with van der Waals surface area (Å²) in [6.45, 7) is 2.05. The molecule has 0 bridgehead atoms. The number of hydrogen-bond donors (Lipinski definition) is 0. The summed E-state index contributed by atoms with van der Waals surface area (Å²) < 4.78 is 0. The number of nitrogens with zero attached hydrogens (tertiary/aromatic N) is 3. The third-order valence-electron chi connectivity index (χ3n) is 5.04. The van der Waals surface area contributed by atoms with Crippen molar-refractivity contribution in [3.63, 3.8) is 0 Å². The van der Waals surface area contributed by atoms with Crippen LogP contribution in [0.25, 0.3) is 0 Å². The van der Waals surface area contributed by atoms with Crippen molar-refractivity contribution in [3.05, 3.63) is 65.2 Å². The highest BCUT2D eigenvalue weighted by Crippen LogP contribution is 2.29. The number of benzene rings is 2. The zero-order valence-corrected chi connectivity index (χ0v) is 17.7. The molecule has 146 valence electrons. The number of Topliss-reactive ketones (excluding diaryl/α,β-unsaturated/α-hetero) is 1. The van der Waals surface area contributed by atoms with Gasteiger partial charge in [0.15, 0.2) is 5.78 Å². The molecule has 4 heteroatoms. The molecule has 2 unspecified atom stereocenters. The lowest BCUT2D eigenvalue weighted by Crippen LogP contribution is -2.35. The first-order chi connectivity index (χ1) is 12.8. The van der Waals surface area contributed by atoms with Crippen LogP contribution in [0, 0.1) is 0 Å². The van der Waals surface area contributed by atoms with E-state index in [1.165, 1.54) is 16.8 Å². The fourth-order valence-electron chi connectivity index (χ4n) is 3.57. The average molecular weight is 368 g/mol. The third kappa shape index (κ3) is 4.96. The fraction of sp³-hybridized carbons (Fsp3) is 0.435. The SMILES string of the molecule is CCC(C(=O)c1ccc(C(c2cccc(N(C)C)c2)N(C)C)cc1)N(C)C. The summed E-state index contributed by atoms with van der Waals surface area (Å²) in [5.74, 6) is 0.185. The van der Waals surface area contributed by atoms with Gasteiger partial charge in [0, 0.05) is 25.3 Å². The molecule has 0 aliphatic rings. The molecular formula is C23H33N3O. The molecular weight excluding hydrogens is 334 g/mol. The van der Waals surface area contributed by atoms with Gasteiger partial charge in [-0.15, -0.1) is 0 Å². The van der Waals surface area contributed by atoms with E-state index in [1.54, 1.807) is 0 Å². The first-order valence-corrected chi connectivity index (χ1v) is 9.50. The Bertz CT molecular complexity index is 750. The molecule has 0 radical (unpaired) electrons. The molecule has 2 rings (SSSR count). The zero-order valence-electron chi connectivity index (χ0n) is 17.7. The molecule has 0 aliphatic heterocycles. The van der Waals surface area contributed by atoms with Crippen LogP contribution in [0.5, 0.6) is 0 Å². The Morgan fingerprint density at radius 3 is 1.96 bits per heavy atom. The van der Waals surface area contributed by atoms with Crippen LogP contribution < -0.4 is 4.90 Å². The van der Waals surface area contributed by atoms with Gasteiger partial charge in [0.2, 0.25) is 0 Å².